The minimum Gasteiger partial charge on any atom is -0.355 e. The van der Waals surface area contributed by atoms with Gasteiger partial charge in [-0.25, -0.2) is 0 Å². The summed E-state index contributed by atoms with van der Waals surface area (Å²) in [4.78, 5) is 19.1. The molecule has 0 radical (unpaired) electrons. The van der Waals surface area contributed by atoms with Crippen molar-refractivity contribution in [2.75, 3.05) is 20.6 Å². The molecular weight excluding hydrogens is 615 g/mol. The molecule has 8 nitrogen and oxygen atoms in total. The summed E-state index contributed by atoms with van der Waals surface area (Å²) in [6.45, 7) is 2.03. The number of aromatic nitrogens is 3. The number of aryl methyl sites for hydroxylation is 1. The van der Waals surface area contributed by atoms with E-state index in [0.29, 0.717) is 33.5 Å². The lowest BCUT2D eigenvalue weighted by Crippen LogP contribution is -2.42. The molecule has 1 N–H and O–H groups in total. The first-order valence-electron chi connectivity index (χ1n) is 14.1. The van der Waals surface area contributed by atoms with Crippen LogP contribution in [0.15, 0.2) is 72.0 Å². The summed E-state index contributed by atoms with van der Waals surface area (Å²) in [7, 11) is -0.292. The third-order valence-electron chi connectivity index (χ3n) is 8.47. The predicted octanol–water partition coefficient (Wildman–Crippen LogP) is 5.74. The number of nitrogens with one attached hydrogen (secondary N) is 1. The third-order valence-corrected chi connectivity index (χ3v) is 10.4. The molecule has 0 unspecified atom stereocenters. The van der Waals surface area contributed by atoms with Crippen molar-refractivity contribution in [3.05, 3.63) is 88.8 Å². The number of amides is 1. The molecule has 13 heteroatoms. The van der Waals surface area contributed by atoms with E-state index in [4.69, 9.17) is 11.6 Å². The number of fused-ring (bicyclic) bond motifs is 1. The van der Waals surface area contributed by atoms with E-state index in [2.05, 4.69) is 15.4 Å². The van der Waals surface area contributed by atoms with Crippen molar-refractivity contribution in [2.45, 2.75) is 55.6 Å². The molecule has 0 aliphatic heterocycles. The first kappa shape index (κ1) is 31.9. The molecule has 2 aromatic heterocycles. The Hall–Kier alpha value is -3.48. The van der Waals surface area contributed by atoms with Gasteiger partial charge in [0.15, 0.2) is 0 Å². The molecule has 1 saturated carbocycles. The lowest BCUT2D eigenvalue weighted by atomic mass is 9.80. The fourth-order valence-corrected chi connectivity index (χ4v) is 7.09. The summed E-state index contributed by atoms with van der Waals surface area (Å²) in [6.07, 6.45) is -0.0439. The first-order valence-corrected chi connectivity index (χ1v) is 15.9. The van der Waals surface area contributed by atoms with Crippen molar-refractivity contribution >= 4 is 38.4 Å². The lowest BCUT2D eigenvalue weighted by molar-refractivity contribution is -0.194. The fourth-order valence-electron chi connectivity index (χ4n) is 5.59. The number of halogens is 4. The SMILES string of the molecule is Cc1ccc(S(=O)(=O)n2ncc3cc(C[C@@H](CNC(=O)C[C@H](c4cccnc4)C4(C(F)(F)F)CC4)N(C)C)c(Cl)cc32)cc1. The van der Waals surface area contributed by atoms with Gasteiger partial charge in [0, 0.05) is 47.7 Å². The highest BCUT2D eigenvalue weighted by atomic mass is 35.5. The molecule has 5 rings (SSSR count). The number of pyridine rings is 1. The Morgan fingerprint density at radius 3 is 2.43 bits per heavy atom. The average molecular weight is 648 g/mol. The molecule has 1 aliphatic carbocycles. The van der Waals surface area contributed by atoms with Crippen LogP contribution in [0.1, 0.15) is 41.9 Å². The number of nitrogens with zero attached hydrogens (tertiary/aromatic N) is 4. The van der Waals surface area contributed by atoms with Gasteiger partial charge in [-0.2, -0.15) is 30.8 Å². The van der Waals surface area contributed by atoms with Crippen LogP contribution in [0.4, 0.5) is 13.2 Å². The molecule has 0 spiro atoms. The van der Waals surface area contributed by atoms with Crippen LogP contribution in [0.5, 0.6) is 0 Å². The molecule has 1 fully saturated rings. The molecule has 0 saturated heterocycles. The zero-order chi connectivity index (χ0) is 31.9. The molecule has 44 heavy (non-hydrogen) atoms. The smallest absolute Gasteiger partial charge is 0.355 e. The maximum Gasteiger partial charge on any atom is 0.395 e. The summed E-state index contributed by atoms with van der Waals surface area (Å²) in [6, 6.07) is 12.7. The number of hydrogen-bond donors (Lipinski definition) is 1. The van der Waals surface area contributed by atoms with Crippen LogP contribution in [-0.4, -0.2) is 66.3 Å². The van der Waals surface area contributed by atoms with Crippen LogP contribution in [-0.2, 0) is 21.2 Å². The minimum absolute atomic E-state index is 0.0203. The second-order valence-corrected chi connectivity index (χ2v) is 13.8. The van der Waals surface area contributed by atoms with Crippen molar-refractivity contribution in [1.29, 1.82) is 0 Å². The molecule has 1 aliphatic rings. The van der Waals surface area contributed by atoms with Gasteiger partial charge >= 0.3 is 6.18 Å². The summed E-state index contributed by atoms with van der Waals surface area (Å²) in [5.74, 6) is -1.51. The van der Waals surface area contributed by atoms with E-state index < -0.39 is 33.4 Å². The lowest BCUT2D eigenvalue weighted by Gasteiger charge is -2.30. The van der Waals surface area contributed by atoms with Crippen LogP contribution < -0.4 is 5.32 Å². The summed E-state index contributed by atoms with van der Waals surface area (Å²) in [5.41, 5.74) is 0.437. The average Bonchev–Trinajstić information content (AvgIpc) is 3.69. The van der Waals surface area contributed by atoms with Gasteiger partial charge in [-0.3, -0.25) is 9.78 Å². The number of alkyl halides is 3. The van der Waals surface area contributed by atoms with E-state index >= 15 is 0 Å². The van der Waals surface area contributed by atoms with E-state index in [1.807, 2.05) is 25.9 Å². The summed E-state index contributed by atoms with van der Waals surface area (Å²) >= 11 is 6.64. The van der Waals surface area contributed by atoms with Gasteiger partial charge in [-0.05, 0) is 81.7 Å². The highest BCUT2D eigenvalue weighted by Gasteiger charge is 2.67. The largest absolute Gasteiger partial charge is 0.395 e. The molecule has 2 heterocycles. The Morgan fingerprint density at radius 2 is 1.84 bits per heavy atom. The third kappa shape index (κ3) is 6.33. The minimum atomic E-state index is -4.43. The Bertz CT molecular complexity index is 1760. The topological polar surface area (TPSA) is 97.2 Å². The van der Waals surface area contributed by atoms with E-state index in [1.165, 1.54) is 30.7 Å². The fraction of sp³-hybridized carbons (Fsp3) is 0.387. The summed E-state index contributed by atoms with van der Waals surface area (Å²) < 4.78 is 69.6. The van der Waals surface area contributed by atoms with Crippen molar-refractivity contribution in [3.8, 4) is 0 Å². The molecule has 0 bridgehead atoms. The van der Waals surface area contributed by atoms with E-state index in [1.54, 1.807) is 36.4 Å². The Balaban J connectivity index is 1.31. The maximum atomic E-state index is 14.1. The Kier molecular flexibility index (Phi) is 8.80. The van der Waals surface area contributed by atoms with Gasteiger partial charge in [0.2, 0.25) is 5.91 Å². The maximum absolute atomic E-state index is 14.1. The number of rotatable bonds is 11. The highest BCUT2D eigenvalue weighted by molar-refractivity contribution is 7.90. The number of hydrogen-bond acceptors (Lipinski definition) is 6. The van der Waals surface area contributed by atoms with Gasteiger partial charge in [0.1, 0.15) is 0 Å². The van der Waals surface area contributed by atoms with Crippen LogP contribution in [0.25, 0.3) is 10.9 Å². The molecule has 4 aromatic rings. The van der Waals surface area contributed by atoms with Gasteiger partial charge < -0.3 is 10.2 Å². The number of benzene rings is 2. The Morgan fingerprint density at radius 1 is 1.14 bits per heavy atom. The van der Waals surface area contributed by atoms with Crippen molar-refractivity contribution < 1.29 is 26.4 Å². The number of likely N-dealkylation sites (N-methyl/N-ethyl adjacent to an activating group) is 1. The molecule has 234 valence electrons. The van der Waals surface area contributed by atoms with Gasteiger partial charge in [-0.15, -0.1) is 0 Å². The van der Waals surface area contributed by atoms with Crippen molar-refractivity contribution in [3.63, 3.8) is 0 Å². The molecule has 1 amide bonds. The van der Waals surface area contributed by atoms with Gasteiger partial charge in [0.05, 0.1) is 22.0 Å². The number of carbonyl (C=O) groups excluding carboxylic acids is 1. The van der Waals surface area contributed by atoms with Crippen LogP contribution >= 0.6 is 11.6 Å². The van der Waals surface area contributed by atoms with Gasteiger partial charge in [0.25, 0.3) is 10.0 Å². The number of carbonyl (C=O) groups is 1. The standard InChI is InChI=1S/C31H33ClF3N5O3S/c1-20-6-8-25(9-7-20)44(42,43)40-28-16-27(32)22(13-23(28)18-38-40)14-24(39(2)3)19-37-29(41)15-26(21-5-4-12-36-17-21)30(10-11-30)31(33,34)35/h4-9,12-13,16-18,24,26H,10-11,14-15,19H2,1-3H3,(H,37,41)/t24-,26+/m0/s1. The second-order valence-electron chi connectivity index (χ2n) is 11.6. The van der Waals surface area contributed by atoms with Gasteiger partial charge in [-0.1, -0.05) is 35.4 Å². The van der Waals surface area contributed by atoms with E-state index in [0.717, 1.165) is 9.65 Å². The van der Waals surface area contributed by atoms with E-state index in [9.17, 15) is 26.4 Å². The second kappa shape index (κ2) is 12.1. The van der Waals surface area contributed by atoms with E-state index in [-0.39, 0.29) is 36.7 Å². The molecule has 2 atom stereocenters. The van der Waals surface area contributed by atoms with Crippen molar-refractivity contribution in [1.82, 2.24) is 24.4 Å². The highest BCUT2D eigenvalue weighted by Crippen LogP contribution is 2.66. The zero-order valence-corrected chi connectivity index (χ0v) is 26.0. The van der Waals surface area contributed by atoms with Crippen molar-refractivity contribution in [2.24, 2.45) is 5.41 Å². The molecular formula is C31H33ClF3N5O3S. The summed E-state index contributed by atoms with van der Waals surface area (Å²) in [5, 5.41) is 7.87. The normalized spacial score (nSPS) is 16.2. The quantitative estimate of drug-likeness (QED) is 0.223. The predicted molar refractivity (Wildman–Crippen MR) is 162 cm³/mol. The van der Waals surface area contributed by atoms with Crippen LogP contribution in [0.3, 0.4) is 0 Å². The molecule has 2 aromatic carbocycles. The Labute approximate surface area is 259 Å². The monoisotopic (exact) mass is 647 g/mol. The zero-order valence-electron chi connectivity index (χ0n) is 24.5. The van der Waals surface area contributed by atoms with Crippen LogP contribution in [0, 0.1) is 12.3 Å². The first-order chi connectivity index (χ1) is 20.7. The van der Waals surface area contributed by atoms with Crippen LogP contribution in [0.2, 0.25) is 5.02 Å².